The van der Waals surface area contributed by atoms with Gasteiger partial charge in [0.25, 0.3) is 0 Å². The first-order valence-electron chi connectivity index (χ1n) is 5.75. The monoisotopic (exact) mass is 263 g/mol. The molecule has 0 amide bonds. The van der Waals surface area contributed by atoms with Crippen LogP contribution in [0.2, 0.25) is 0 Å². The quantitative estimate of drug-likeness (QED) is 0.766. The molecule has 0 aromatic heterocycles. The standard InChI is InChI=1S/C14H17NO2S/c1-10-6-12(8-15)4-5-13(10)9-18-11(2)7-14(16)17-3/h4-6,11H,7,9H2,1-3H3. The van der Waals surface area contributed by atoms with Crippen LogP contribution in [-0.2, 0) is 15.3 Å². The van der Waals surface area contributed by atoms with Gasteiger partial charge in [0.1, 0.15) is 0 Å². The SMILES string of the molecule is COC(=O)CC(C)SCc1ccc(C#N)cc1C. The van der Waals surface area contributed by atoms with Gasteiger partial charge < -0.3 is 4.74 Å². The van der Waals surface area contributed by atoms with Crippen LogP contribution in [-0.4, -0.2) is 18.3 Å². The Labute approximate surface area is 112 Å². The molecule has 1 atom stereocenters. The highest BCUT2D eigenvalue weighted by Gasteiger charge is 2.10. The van der Waals surface area contributed by atoms with Crippen LogP contribution in [0.25, 0.3) is 0 Å². The van der Waals surface area contributed by atoms with E-state index >= 15 is 0 Å². The molecule has 1 aromatic carbocycles. The minimum atomic E-state index is -0.174. The third-order valence-corrected chi connectivity index (χ3v) is 3.89. The largest absolute Gasteiger partial charge is 0.469 e. The fraction of sp³-hybridized carbons (Fsp3) is 0.429. The predicted molar refractivity (Wildman–Crippen MR) is 73.3 cm³/mol. The van der Waals surface area contributed by atoms with Crippen molar-refractivity contribution in [2.24, 2.45) is 0 Å². The summed E-state index contributed by atoms with van der Waals surface area (Å²) in [4.78, 5) is 11.1. The maximum absolute atomic E-state index is 11.1. The van der Waals surface area contributed by atoms with Gasteiger partial charge in [-0.3, -0.25) is 4.79 Å². The smallest absolute Gasteiger partial charge is 0.306 e. The molecule has 18 heavy (non-hydrogen) atoms. The van der Waals surface area contributed by atoms with E-state index in [2.05, 4.69) is 10.8 Å². The summed E-state index contributed by atoms with van der Waals surface area (Å²) in [5.74, 6) is 0.668. The maximum Gasteiger partial charge on any atom is 0.306 e. The van der Waals surface area contributed by atoms with Crippen molar-refractivity contribution in [3.63, 3.8) is 0 Å². The van der Waals surface area contributed by atoms with Crippen molar-refractivity contribution < 1.29 is 9.53 Å². The van der Waals surface area contributed by atoms with Crippen LogP contribution in [0.15, 0.2) is 18.2 Å². The average Bonchev–Trinajstić information content (AvgIpc) is 2.36. The molecule has 0 fully saturated rings. The van der Waals surface area contributed by atoms with Gasteiger partial charge in [-0.25, -0.2) is 0 Å². The topological polar surface area (TPSA) is 50.1 Å². The first-order chi connectivity index (χ1) is 8.56. The van der Waals surface area contributed by atoms with Gasteiger partial charge in [0, 0.05) is 11.0 Å². The van der Waals surface area contributed by atoms with Crippen molar-refractivity contribution in [2.75, 3.05) is 7.11 Å². The molecule has 0 spiro atoms. The normalized spacial score (nSPS) is 11.7. The lowest BCUT2D eigenvalue weighted by Gasteiger charge is -2.11. The number of benzene rings is 1. The van der Waals surface area contributed by atoms with E-state index < -0.39 is 0 Å². The molecule has 0 bridgehead atoms. The molecule has 1 aromatic rings. The molecule has 4 heteroatoms. The number of aryl methyl sites for hydroxylation is 1. The van der Waals surface area contributed by atoms with Crippen LogP contribution in [0.3, 0.4) is 0 Å². The lowest BCUT2D eigenvalue weighted by molar-refractivity contribution is -0.140. The Morgan fingerprint density at radius 2 is 2.28 bits per heavy atom. The van der Waals surface area contributed by atoms with Crippen LogP contribution in [0.1, 0.15) is 30.0 Å². The summed E-state index contributed by atoms with van der Waals surface area (Å²) in [5, 5.41) is 9.02. The fourth-order valence-electron chi connectivity index (χ4n) is 1.54. The summed E-state index contributed by atoms with van der Waals surface area (Å²) in [6, 6.07) is 7.82. The Hall–Kier alpha value is -1.47. The molecule has 96 valence electrons. The van der Waals surface area contributed by atoms with E-state index in [1.807, 2.05) is 32.0 Å². The number of methoxy groups -OCH3 is 1. The molecule has 0 aliphatic heterocycles. The number of hydrogen-bond donors (Lipinski definition) is 0. The van der Waals surface area contributed by atoms with Crippen LogP contribution in [0, 0.1) is 18.3 Å². The zero-order valence-electron chi connectivity index (χ0n) is 10.9. The lowest BCUT2D eigenvalue weighted by Crippen LogP contribution is -2.08. The number of hydrogen-bond acceptors (Lipinski definition) is 4. The van der Waals surface area contributed by atoms with Gasteiger partial charge in [-0.2, -0.15) is 17.0 Å². The zero-order valence-corrected chi connectivity index (χ0v) is 11.7. The third kappa shape index (κ3) is 4.42. The predicted octanol–water partition coefficient (Wildman–Crippen LogP) is 3.05. The van der Waals surface area contributed by atoms with Crippen LogP contribution in [0.4, 0.5) is 0 Å². The van der Waals surface area contributed by atoms with E-state index in [4.69, 9.17) is 5.26 Å². The highest BCUT2D eigenvalue weighted by Crippen LogP contribution is 2.22. The van der Waals surface area contributed by atoms with Crippen LogP contribution < -0.4 is 0 Å². The number of nitriles is 1. The summed E-state index contributed by atoms with van der Waals surface area (Å²) in [6.45, 7) is 4.02. The highest BCUT2D eigenvalue weighted by atomic mass is 32.2. The molecule has 0 saturated carbocycles. The Balaban J connectivity index is 2.54. The minimum Gasteiger partial charge on any atom is -0.469 e. The summed E-state index contributed by atoms with van der Waals surface area (Å²) >= 11 is 1.72. The number of thioether (sulfide) groups is 1. The second-order valence-corrected chi connectivity index (χ2v) is 5.58. The number of ether oxygens (including phenoxy) is 1. The van der Waals surface area contributed by atoms with Gasteiger partial charge in [0.05, 0.1) is 25.2 Å². The fourth-order valence-corrected chi connectivity index (χ4v) is 2.58. The molecule has 0 radical (unpaired) electrons. The van der Waals surface area contributed by atoms with E-state index in [1.165, 1.54) is 12.7 Å². The highest BCUT2D eigenvalue weighted by molar-refractivity contribution is 7.99. The number of nitrogens with zero attached hydrogens (tertiary/aromatic N) is 1. The molecule has 0 N–H and O–H groups in total. The minimum absolute atomic E-state index is 0.174. The number of carbonyl (C=O) groups is 1. The van der Waals surface area contributed by atoms with Gasteiger partial charge in [0.2, 0.25) is 0 Å². The van der Waals surface area contributed by atoms with Crippen molar-refractivity contribution in [1.29, 1.82) is 5.26 Å². The number of rotatable bonds is 5. The molecule has 3 nitrogen and oxygen atoms in total. The van der Waals surface area contributed by atoms with E-state index in [0.717, 1.165) is 11.3 Å². The van der Waals surface area contributed by atoms with Crippen molar-refractivity contribution >= 4 is 17.7 Å². The van der Waals surface area contributed by atoms with Gasteiger partial charge in [-0.15, -0.1) is 0 Å². The van der Waals surface area contributed by atoms with Crippen molar-refractivity contribution in [3.05, 3.63) is 34.9 Å². The average molecular weight is 263 g/mol. The third-order valence-electron chi connectivity index (χ3n) is 2.68. The lowest BCUT2D eigenvalue weighted by atomic mass is 10.1. The van der Waals surface area contributed by atoms with Crippen molar-refractivity contribution in [1.82, 2.24) is 0 Å². The molecule has 1 rings (SSSR count). The first-order valence-corrected chi connectivity index (χ1v) is 6.79. The zero-order chi connectivity index (χ0) is 13.5. The van der Waals surface area contributed by atoms with E-state index in [1.54, 1.807) is 11.8 Å². The van der Waals surface area contributed by atoms with Gasteiger partial charge in [-0.05, 0) is 30.2 Å². The van der Waals surface area contributed by atoms with Crippen molar-refractivity contribution in [3.8, 4) is 6.07 Å². The summed E-state index contributed by atoms with van der Waals surface area (Å²) in [6.07, 6.45) is 0.427. The Bertz CT molecular complexity index is 465. The summed E-state index contributed by atoms with van der Waals surface area (Å²) in [5.41, 5.74) is 3.01. The second kappa shape index (κ2) is 7.07. The Kier molecular flexibility index (Phi) is 5.73. The van der Waals surface area contributed by atoms with Crippen molar-refractivity contribution in [2.45, 2.75) is 31.3 Å². The molecule has 1 unspecified atom stereocenters. The molecule has 0 aliphatic carbocycles. The van der Waals surface area contributed by atoms with E-state index in [9.17, 15) is 4.79 Å². The molecule has 0 saturated heterocycles. The number of esters is 1. The van der Waals surface area contributed by atoms with Gasteiger partial charge in [-0.1, -0.05) is 13.0 Å². The first kappa shape index (κ1) is 14.6. The number of carbonyl (C=O) groups excluding carboxylic acids is 1. The Morgan fingerprint density at radius 1 is 1.56 bits per heavy atom. The van der Waals surface area contributed by atoms with Crippen LogP contribution >= 0.6 is 11.8 Å². The molecule has 0 aliphatic rings. The summed E-state index contributed by atoms with van der Waals surface area (Å²) < 4.78 is 4.64. The maximum atomic E-state index is 11.1. The molecule has 0 heterocycles. The summed E-state index contributed by atoms with van der Waals surface area (Å²) in [7, 11) is 1.41. The van der Waals surface area contributed by atoms with Crippen LogP contribution in [0.5, 0.6) is 0 Å². The van der Waals surface area contributed by atoms with E-state index in [-0.39, 0.29) is 11.2 Å². The second-order valence-electron chi connectivity index (χ2n) is 4.15. The van der Waals surface area contributed by atoms with Gasteiger partial charge >= 0.3 is 5.97 Å². The molecular weight excluding hydrogens is 246 g/mol. The Morgan fingerprint density at radius 3 is 2.83 bits per heavy atom. The van der Waals surface area contributed by atoms with E-state index in [0.29, 0.717) is 12.0 Å². The van der Waals surface area contributed by atoms with Gasteiger partial charge in [0.15, 0.2) is 0 Å². The molecular formula is C14H17NO2S.